The molecule has 0 unspecified atom stereocenters. The molecule has 0 aliphatic carbocycles. The van der Waals surface area contributed by atoms with Gasteiger partial charge in [0, 0.05) is 48.7 Å². The average Bonchev–Trinajstić information content (AvgIpc) is 3.76. The summed E-state index contributed by atoms with van der Waals surface area (Å²) in [5.41, 5.74) is 8.89. The van der Waals surface area contributed by atoms with E-state index in [2.05, 4.69) is 148 Å². The molecule has 0 aliphatic heterocycles. The third kappa shape index (κ3) is 2.98. The predicted molar refractivity (Wildman–Crippen MR) is 191 cm³/mol. The van der Waals surface area contributed by atoms with Crippen LogP contribution < -0.4 is 0 Å². The van der Waals surface area contributed by atoms with Crippen LogP contribution in [0, 0.1) is 0 Å². The van der Waals surface area contributed by atoms with Crippen LogP contribution in [0.3, 0.4) is 0 Å². The van der Waals surface area contributed by atoms with Gasteiger partial charge in [0.1, 0.15) is 0 Å². The van der Waals surface area contributed by atoms with E-state index in [-0.39, 0.29) is 0 Å². The standard InChI is InChI=1S/C42H24N4/c1-2-13-26(14-3-1)38-30-18-6-9-19-34(30)43-42(44-38)46-36-21-11-8-17-29(36)33-24-32-28-16-7-10-20-35(28)45-39-27-15-5-4-12-25(27)22-23-31(39)37(40(32)45)41(33)46/h1-24H. The summed E-state index contributed by atoms with van der Waals surface area (Å²) in [4.78, 5) is 10.7. The lowest BCUT2D eigenvalue weighted by Crippen LogP contribution is -2.03. The highest BCUT2D eigenvalue weighted by Crippen LogP contribution is 2.47. The largest absolute Gasteiger partial charge is 0.307 e. The maximum absolute atomic E-state index is 5.38. The third-order valence-corrected chi connectivity index (χ3v) is 9.82. The fourth-order valence-electron chi connectivity index (χ4n) is 7.94. The van der Waals surface area contributed by atoms with E-state index in [0.717, 1.165) is 33.2 Å². The van der Waals surface area contributed by atoms with Gasteiger partial charge in [-0.15, -0.1) is 0 Å². The fraction of sp³-hybridized carbons (Fsp3) is 0. The summed E-state index contributed by atoms with van der Waals surface area (Å²) in [7, 11) is 0. The van der Waals surface area contributed by atoms with E-state index in [1.54, 1.807) is 0 Å². The molecule has 4 aromatic heterocycles. The smallest absolute Gasteiger partial charge is 0.235 e. The Bertz CT molecular complexity index is 3020. The van der Waals surface area contributed by atoms with E-state index < -0.39 is 0 Å². The molecule has 0 saturated heterocycles. The first kappa shape index (κ1) is 24.1. The number of nitrogens with zero attached hydrogens (tertiary/aromatic N) is 4. The molecule has 0 radical (unpaired) electrons. The SMILES string of the molecule is c1ccc(-c2nc(-n3c4ccccc4c4cc5c6ccccc6n6c7c8ccccc8ccc7c(c43)c56)nc3ccccc23)cc1. The lowest BCUT2D eigenvalue weighted by molar-refractivity contribution is 1.02. The molecule has 0 bridgehead atoms. The molecule has 7 aromatic carbocycles. The van der Waals surface area contributed by atoms with Gasteiger partial charge in [-0.3, -0.25) is 4.57 Å². The van der Waals surface area contributed by atoms with Crippen molar-refractivity contribution in [1.82, 2.24) is 18.9 Å². The van der Waals surface area contributed by atoms with Crippen LogP contribution in [0.4, 0.5) is 0 Å². The van der Waals surface area contributed by atoms with Crippen LogP contribution in [-0.4, -0.2) is 18.9 Å². The molecule has 4 heterocycles. The molecule has 0 amide bonds. The van der Waals surface area contributed by atoms with E-state index in [1.807, 2.05) is 6.07 Å². The van der Waals surface area contributed by atoms with Gasteiger partial charge >= 0.3 is 0 Å². The summed E-state index contributed by atoms with van der Waals surface area (Å²) in [6.07, 6.45) is 0. The number of aromatic nitrogens is 4. The van der Waals surface area contributed by atoms with Crippen LogP contribution in [0.25, 0.3) is 98.8 Å². The zero-order chi connectivity index (χ0) is 29.9. The molecule has 4 heteroatoms. The van der Waals surface area contributed by atoms with E-state index >= 15 is 0 Å². The summed E-state index contributed by atoms with van der Waals surface area (Å²) in [6.45, 7) is 0. The van der Waals surface area contributed by atoms with Crippen molar-refractivity contribution in [1.29, 1.82) is 0 Å². The highest BCUT2D eigenvalue weighted by Gasteiger charge is 2.26. The maximum atomic E-state index is 5.38. The minimum absolute atomic E-state index is 0.677. The fourth-order valence-corrected chi connectivity index (χ4v) is 7.94. The number of hydrogen-bond donors (Lipinski definition) is 0. The molecule has 0 N–H and O–H groups in total. The Morgan fingerprint density at radius 2 is 1.07 bits per heavy atom. The Balaban J connectivity index is 1.41. The molecule has 0 fully saturated rings. The van der Waals surface area contributed by atoms with Crippen LogP contribution in [-0.2, 0) is 0 Å². The Morgan fingerprint density at radius 3 is 1.91 bits per heavy atom. The van der Waals surface area contributed by atoms with Crippen molar-refractivity contribution >= 4 is 81.6 Å². The van der Waals surface area contributed by atoms with Gasteiger partial charge in [-0.05, 0) is 29.7 Å². The van der Waals surface area contributed by atoms with Crippen molar-refractivity contribution in [3.63, 3.8) is 0 Å². The predicted octanol–water partition coefficient (Wildman–Crippen LogP) is 10.7. The van der Waals surface area contributed by atoms with Crippen LogP contribution in [0.1, 0.15) is 0 Å². The first-order valence-corrected chi connectivity index (χ1v) is 15.7. The van der Waals surface area contributed by atoms with Gasteiger partial charge in [-0.25, -0.2) is 9.97 Å². The summed E-state index contributed by atoms with van der Waals surface area (Å²) >= 11 is 0. The average molecular weight is 585 g/mol. The minimum Gasteiger partial charge on any atom is -0.307 e. The topological polar surface area (TPSA) is 35.1 Å². The molecule has 11 rings (SSSR count). The highest BCUT2D eigenvalue weighted by atomic mass is 15.2. The monoisotopic (exact) mass is 584 g/mol. The van der Waals surface area contributed by atoms with Crippen LogP contribution >= 0.6 is 0 Å². The maximum Gasteiger partial charge on any atom is 0.235 e. The van der Waals surface area contributed by atoms with Crippen LogP contribution in [0.15, 0.2) is 146 Å². The summed E-state index contributed by atoms with van der Waals surface area (Å²) < 4.78 is 4.81. The normalized spacial score (nSPS) is 12.3. The molecular weight excluding hydrogens is 560 g/mol. The molecule has 0 aliphatic rings. The van der Waals surface area contributed by atoms with Gasteiger partial charge in [0.25, 0.3) is 0 Å². The molecule has 0 atom stereocenters. The van der Waals surface area contributed by atoms with Gasteiger partial charge in [0.05, 0.1) is 38.8 Å². The zero-order valence-corrected chi connectivity index (χ0v) is 24.6. The summed E-state index contributed by atoms with van der Waals surface area (Å²) in [6, 6.07) is 52.0. The third-order valence-electron chi connectivity index (χ3n) is 9.82. The highest BCUT2D eigenvalue weighted by molar-refractivity contribution is 6.36. The van der Waals surface area contributed by atoms with Crippen LogP contribution in [0.5, 0.6) is 0 Å². The van der Waals surface area contributed by atoms with E-state index in [1.165, 1.54) is 59.6 Å². The number of hydrogen-bond acceptors (Lipinski definition) is 2. The molecule has 11 aromatic rings. The molecule has 0 spiro atoms. The lowest BCUT2D eigenvalue weighted by Gasteiger charge is -2.12. The Hall–Kier alpha value is -6.26. The second-order valence-electron chi connectivity index (χ2n) is 12.2. The van der Waals surface area contributed by atoms with Crippen molar-refractivity contribution in [2.24, 2.45) is 0 Å². The Morgan fingerprint density at radius 1 is 0.413 bits per heavy atom. The lowest BCUT2D eigenvalue weighted by atomic mass is 10.0. The molecule has 0 saturated carbocycles. The Labute approximate surface area is 262 Å². The quantitative estimate of drug-likeness (QED) is 0.203. The molecule has 212 valence electrons. The molecule has 46 heavy (non-hydrogen) atoms. The van der Waals surface area contributed by atoms with Gasteiger partial charge < -0.3 is 4.40 Å². The molecular formula is C42H24N4. The zero-order valence-electron chi connectivity index (χ0n) is 24.6. The summed E-state index contributed by atoms with van der Waals surface area (Å²) in [5, 5.41) is 10.9. The second-order valence-corrected chi connectivity index (χ2v) is 12.2. The van der Waals surface area contributed by atoms with Gasteiger partial charge in [0.2, 0.25) is 5.95 Å². The van der Waals surface area contributed by atoms with E-state index in [4.69, 9.17) is 9.97 Å². The van der Waals surface area contributed by atoms with Crippen molar-refractivity contribution in [3.8, 4) is 17.2 Å². The summed E-state index contributed by atoms with van der Waals surface area (Å²) in [5.74, 6) is 0.677. The van der Waals surface area contributed by atoms with Crippen molar-refractivity contribution in [3.05, 3.63) is 146 Å². The number of para-hydroxylation sites is 3. The van der Waals surface area contributed by atoms with Crippen molar-refractivity contribution < 1.29 is 0 Å². The molecule has 4 nitrogen and oxygen atoms in total. The Kier molecular flexibility index (Phi) is 4.55. The van der Waals surface area contributed by atoms with E-state index in [0.29, 0.717) is 5.95 Å². The van der Waals surface area contributed by atoms with Crippen molar-refractivity contribution in [2.45, 2.75) is 0 Å². The first-order valence-electron chi connectivity index (χ1n) is 15.7. The van der Waals surface area contributed by atoms with Gasteiger partial charge in [-0.1, -0.05) is 121 Å². The number of benzene rings is 7. The van der Waals surface area contributed by atoms with Crippen LogP contribution in [0.2, 0.25) is 0 Å². The number of rotatable bonds is 2. The minimum atomic E-state index is 0.677. The second kappa shape index (κ2) is 8.68. The first-order chi connectivity index (χ1) is 22.8. The van der Waals surface area contributed by atoms with Gasteiger partial charge in [-0.2, -0.15) is 0 Å². The van der Waals surface area contributed by atoms with Gasteiger partial charge in [0.15, 0.2) is 0 Å². The van der Waals surface area contributed by atoms with E-state index in [9.17, 15) is 0 Å². The number of fused-ring (bicyclic) bond motifs is 13. The van der Waals surface area contributed by atoms with Crippen molar-refractivity contribution in [2.75, 3.05) is 0 Å².